The number of aromatic nitrogens is 4. The van der Waals surface area contributed by atoms with Crippen LogP contribution in [0.2, 0.25) is 0 Å². The van der Waals surface area contributed by atoms with Crippen molar-refractivity contribution in [2.45, 2.75) is 6.42 Å². The molecule has 0 saturated heterocycles. The van der Waals surface area contributed by atoms with Gasteiger partial charge < -0.3 is 10.7 Å². The summed E-state index contributed by atoms with van der Waals surface area (Å²) in [6.07, 6.45) is 7.36. The fraction of sp³-hybridized carbons (Fsp3) is 0.0244. The number of benzene rings is 6. The second-order valence-corrected chi connectivity index (χ2v) is 12.1. The van der Waals surface area contributed by atoms with Crippen LogP contribution in [0.15, 0.2) is 133 Å². The Labute approximate surface area is 263 Å². The van der Waals surface area contributed by atoms with Crippen LogP contribution in [-0.4, -0.2) is 19.5 Å². The van der Waals surface area contributed by atoms with E-state index in [0.29, 0.717) is 5.95 Å². The largest absolute Gasteiger partial charge is 0.398 e. The highest BCUT2D eigenvalue weighted by atomic mass is 15.2. The highest BCUT2D eigenvalue weighted by molar-refractivity contribution is 6.32. The fourth-order valence-electron chi connectivity index (χ4n) is 7.45. The van der Waals surface area contributed by atoms with Gasteiger partial charge in [-0.15, -0.1) is 0 Å². The van der Waals surface area contributed by atoms with Gasteiger partial charge in [0.15, 0.2) is 0 Å². The molecule has 1 aliphatic carbocycles. The topological polar surface area (TPSA) is 72.5 Å². The van der Waals surface area contributed by atoms with Crippen LogP contribution in [0.25, 0.3) is 88.1 Å². The van der Waals surface area contributed by atoms with Crippen molar-refractivity contribution in [1.29, 1.82) is 0 Å². The van der Waals surface area contributed by atoms with Gasteiger partial charge in [-0.3, -0.25) is 4.57 Å². The third-order valence-electron chi connectivity index (χ3n) is 9.50. The molecule has 10 rings (SSSR count). The predicted octanol–water partition coefficient (Wildman–Crippen LogP) is 10.1. The smallest absolute Gasteiger partial charge is 0.235 e. The Morgan fingerprint density at radius 3 is 2.33 bits per heavy atom. The van der Waals surface area contributed by atoms with Gasteiger partial charge in [0.05, 0.1) is 22.2 Å². The molecule has 0 atom stereocenters. The van der Waals surface area contributed by atoms with Gasteiger partial charge in [-0.2, -0.15) is 0 Å². The molecule has 5 nitrogen and oxygen atoms in total. The number of fused-ring (bicyclic) bond motifs is 10. The second kappa shape index (κ2) is 9.40. The summed E-state index contributed by atoms with van der Waals surface area (Å²) in [6.45, 7) is 0. The Balaban J connectivity index is 1.34. The standard InChI is InChI=1S/C41H27N5/c42-31-23-34-30(22-29(31)24-10-4-5-11-24)38-33(43-34)20-18-25-19-21-36-39(37(25)38)28-15-7-9-17-35(28)46(36)41-44-32-16-8-6-14-27(32)40(45-41)26-12-2-1-3-13-26/h1-10,12-23,43H,11,42H2. The molecular weight excluding hydrogens is 562 g/mol. The molecule has 0 aliphatic heterocycles. The highest BCUT2D eigenvalue weighted by Crippen LogP contribution is 2.43. The average Bonchev–Trinajstić information content (AvgIpc) is 3.84. The first-order chi connectivity index (χ1) is 22.7. The van der Waals surface area contributed by atoms with Gasteiger partial charge in [0.2, 0.25) is 5.95 Å². The van der Waals surface area contributed by atoms with Gasteiger partial charge >= 0.3 is 0 Å². The van der Waals surface area contributed by atoms with Crippen LogP contribution in [-0.2, 0) is 0 Å². The first kappa shape index (κ1) is 25.2. The zero-order valence-electron chi connectivity index (χ0n) is 24.8. The predicted molar refractivity (Wildman–Crippen MR) is 192 cm³/mol. The van der Waals surface area contributed by atoms with Crippen molar-refractivity contribution in [2.24, 2.45) is 0 Å². The van der Waals surface area contributed by atoms with E-state index in [1.807, 2.05) is 12.1 Å². The van der Waals surface area contributed by atoms with Gasteiger partial charge in [0, 0.05) is 60.2 Å². The molecule has 1 aliphatic rings. The first-order valence-corrected chi connectivity index (χ1v) is 15.6. The number of nitrogens with zero attached hydrogens (tertiary/aromatic N) is 3. The summed E-state index contributed by atoms with van der Waals surface area (Å²) in [5.74, 6) is 0.657. The molecule has 46 heavy (non-hydrogen) atoms. The number of allylic oxidation sites excluding steroid dienone is 4. The molecule has 0 bridgehead atoms. The van der Waals surface area contributed by atoms with E-state index in [0.717, 1.165) is 61.9 Å². The van der Waals surface area contributed by atoms with Crippen molar-refractivity contribution in [2.75, 3.05) is 5.73 Å². The molecule has 216 valence electrons. The summed E-state index contributed by atoms with van der Waals surface area (Å²) in [5, 5.41) is 8.18. The third kappa shape index (κ3) is 3.51. The van der Waals surface area contributed by atoms with E-state index in [1.54, 1.807) is 0 Å². The quantitative estimate of drug-likeness (QED) is 0.201. The average molecular weight is 590 g/mol. The van der Waals surface area contributed by atoms with Gasteiger partial charge in [-0.1, -0.05) is 97.1 Å². The zero-order chi connectivity index (χ0) is 30.4. The maximum atomic E-state index is 6.62. The van der Waals surface area contributed by atoms with Crippen molar-refractivity contribution in [3.63, 3.8) is 0 Å². The van der Waals surface area contributed by atoms with Crippen LogP contribution in [0, 0.1) is 0 Å². The molecular formula is C41H27N5. The van der Waals surface area contributed by atoms with Crippen molar-refractivity contribution < 1.29 is 0 Å². The summed E-state index contributed by atoms with van der Waals surface area (Å²) in [7, 11) is 0. The molecule has 5 heteroatoms. The van der Waals surface area contributed by atoms with E-state index >= 15 is 0 Å². The van der Waals surface area contributed by atoms with Gasteiger partial charge in [0.25, 0.3) is 0 Å². The maximum Gasteiger partial charge on any atom is 0.235 e. The molecule has 3 N–H and O–H groups in total. The lowest BCUT2D eigenvalue weighted by molar-refractivity contribution is 1.01. The Morgan fingerprint density at radius 2 is 1.46 bits per heavy atom. The number of aromatic amines is 1. The van der Waals surface area contributed by atoms with Crippen LogP contribution in [0.4, 0.5) is 5.69 Å². The molecule has 0 spiro atoms. The summed E-state index contributed by atoms with van der Waals surface area (Å²) in [6, 6.07) is 40.5. The van der Waals surface area contributed by atoms with E-state index in [-0.39, 0.29) is 0 Å². The molecule has 0 saturated carbocycles. The lowest BCUT2D eigenvalue weighted by atomic mass is 9.96. The van der Waals surface area contributed by atoms with Crippen molar-refractivity contribution in [3.05, 3.63) is 139 Å². The molecule has 0 amide bonds. The third-order valence-corrected chi connectivity index (χ3v) is 9.50. The molecule has 9 aromatic rings. The number of nitrogens with one attached hydrogen (secondary N) is 1. The number of para-hydroxylation sites is 2. The number of hydrogen-bond acceptors (Lipinski definition) is 3. The minimum atomic E-state index is 0.657. The summed E-state index contributed by atoms with van der Waals surface area (Å²) in [5.41, 5.74) is 16.9. The molecule has 0 unspecified atom stereocenters. The Hall–Kier alpha value is -6.20. The van der Waals surface area contributed by atoms with Crippen LogP contribution in [0.1, 0.15) is 12.0 Å². The molecule has 3 heterocycles. The number of anilines is 1. The van der Waals surface area contributed by atoms with Crippen molar-refractivity contribution in [1.82, 2.24) is 19.5 Å². The van der Waals surface area contributed by atoms with E-state index in [9.17, 15) is 0 Å². The van der Waals surface area contributed by atoms with Gasteiger partial charge in [-0.05, 0) is 53.8 Å². The van der Waals surface area contributed by atoms with E-state index in [2.05, 4.69) is 131 Å². The van der Waals surface area contributed by atoms with Crippen LogP contribution in [0.3, 0.4) is 0 Å². The highest BCUT2D eigenvalue weighted by Gasteiger charge is 2.21. The molecule has 0 radical (unpaired) electrons. The number of rotatable bonds is 3. The van der Waals surface area contributed by atoms with Crippen molar-refractivity contribution in [3.8, 4) is 17.2 Å². The lowest BCUT2D eigenvalue weighted by Crippen LogP contribution is -2.03. The zero-order valence-corrected chi connectivity index (χ0v) is 24.8. The van der Waals surface area contributed by atoms with Crippen LogP contribution < -0.4 is 5.73 Å². The van der Waals surface area contributed by atoms with E-state index < -0.39 is 0 Å². The normalized spacial score (nSPS) is 13.3. The molecule has 0 fully saturated rings. The molecule has 3 aromatic heterocycles. The lowest BCUT2D eigenvalue weighted by Gasteiger charge is -2.12. The minimum Gasteiger partial charge on any atom is -0.398 e. The van der Waals surface area contributed by atoms with Gasteiger partial charge in [-0.25, -0.2) is 9.97 Å². The van der Waals surface area contributed by atoms with E-state index in [4.69, 9.17) is 15.7 Å². The minimum absolute atomic E-state index is 0.657. The second-order valence-electron chi connectivity index (χ2n) is 12.1. The van der Waals surface area contributed by atoms with Crippen LogP contribution >= 0.6 is 0 Å². The maximum absolute atomic E-state index is 6.62. The number of H-pyrrole nitrogens is 1. The SMILES string of the molecule is Nc1cc2[nH]c3ccc4ccc5c(c6ccccc6n5-c5nc(-c6ccccc6)c6ccccc6n5)c4c3c2cc1C1=CC=CC1. The van der Waals surface area contributed by atoms with Gasteiger partial charge in [0.1, 0.15) is 0 Å². The number of nitrogens with two attached hydrogens (primary N) is 1. The fourth-order valence-corrected chi connectivity index (χ4v) is 7.45. The van der Waals surface area contributed by atoms with E-state index in [1.165, 1.54) is 37.9 Å². The number of nitrogen functional groups attached to an aromatic ring is 1. The molecule has 6 aromatic carbocycles. The van der Waals surface area contributed by atoms with Crippen LogP contribution in [0.5, 0.6) is 0 Å². The Morgan fingerprint density at radius 1 is 0.652 bits per heavy atom. The summed E-state index contributed by atoms with van der Waals surface area (Å²) < 4.78 is 2.23. The Bertz CT molecular complexity index is 2780. The summed E-state index contributed by atoms with van der Waals surface area (Å²) in [4.78, 5) is 14.1. The summed E-state index contributed by atoms with van der Waals surface area (Å²) >= 11 is 0. The monoisotopic (exact) mass is 589 g/mol. The first-order valence-electron chi connectivity index (χ1n) is 15.6. The number of hydrogen-bond donors (Lipinski definition) is 2. The van der Waals surface area contributed by atoms with Crippen molar-refractivity contribution >= 4 is 76.5 Å². The Kier molecular flexibility index (Phi) is 5.14.